The topological polar surface area (TPSA) is 89.7 Å². The zero-order valence-electron chi connectivity index (χ0n) is 18.6. The zero-order chi connectivity index (χ0) is 23.0. The number of hydrogen-bond acceptors (Lipinski definition) is 6. The van der Waals surface area contributed by atoms with Crippen molar-refractivity contribution in [3.05, 3.63) is 59.3 Å². The van der Waals surface area contributed by atoms with Crippen LogP contribution >= 0.6 is 0 Å². The lowest BCUT2D eigenvalue weighted by atomic mass is 10.1. The highest BCUT2D eigenvalue weighted by Gasteiger charge is 2.32. The number of aromatic nitrogens is 1. The fraction of sp³-hybridized carbons (Fsp3) is 0.333. The summed E-state index contributed by atoms with van der Waals surface area (Å²) in [6, 6.07) is 12.6. The predicted molar refractivity (Wildman–Crippen MR) is 122 cm³/mol. The Kier molecular flexibility index (Phi) is 5.81. The molecule has 1 atom stereocenters. The van der Waals surface area contributed by atoms with Gasteiger partial charge in [0.1, 0.15) is 10.6 Å². The molecule has 0 saturated carbocycles. The van der Waals surface area contributed by atoms with Gasteiger partial charge in [0.25, 0.3) is 0 Å². The van der Waals surface area contributed by atoms with Gasteiger partial charge in [-0.2, -0.15) is 0 Å². The van der Waals surface area contributed by atoms with Gasteiger partial charge in [-0.25, -0.2) is 8.42 Å². The van der Waals surface area contributed by atoms with Gasteiger partial charge in [-0.1, -0.05) is 23.4 Å². The molecule has 0 spiro atoms. The number of ether oxygens (including phenoxy) is 1. The average Bonchev–Trinajstić information content (AvgIpc) is 3.29. The Morgan fingerprint density at radius 2 is 1.97 bits per heavy atom. The van der Waals surface area contributed by atoms with E-state index in [9.17, 15) is 13.2 Å². The number of sulfone groups is 1. The van der Waals surface area contributed by atoms with Gasteiger partial charge < -0.3 is 14.2 Å². The second kappa shape index (κ2) is 8.43. The number of carbonyl (C=O) groups excluding carboxylic acids is 1. The lowest BCUT2D eigenvalue weighted by Crippen LogP contribution is -2.36. The molecule has 0 radical (unpaired) electrons. The molecule has 168 valence electrons. The summed E-state index contributed by atoms with van der Waals surface area (Å²) < 4.78 is 37.2. The van der Waals surface area contributed by atoms with Gasteiger partial charge in [0.15, 0.2) is 15.6 Å². The zero-order valence-corrected chi connectivity index (χ0v) is 19.4. The van der Waals surface area contributed by atoms with E-state index in [1.807, 2.05) is 45.0 Å². The van der Waals surface area contributed by atoms with Crippen LogP contribution in [0.2, 0.25) is 0 Å². The van der Waals surface area contributed by atoms with E-state index in [0.29, 0.717) is 11.3 Å². The first-order chi connectivity index (χ1) is 15.2. The number of fused-ring (bicyclic) bond motifs is 1. The highest BCUT2D eigenvalue weighted by molar-refractivity contribution is 7.91. The molecule has 4 rings (SSSR count). The smallest absolute Gasteiger partial charge is 0.228 e. The largest absolute Gasteiger partial charge is 0.495 e. The Hall–Kier alpha value is -3.13. The van der Waals surface area contributed by atoms with Crippen molar-refractivity contribution < 1.29 is 22.5 Å². The molecular weight excluding hydrogens is 428 g/mol. The van der Waals surface area contributed by atoms with Crippen molar-refractivity contribution >= 4 is 21.4 Å². The van der Waals surface area contributed by atoms with Crippen molar-refractivity contribution in [2.24, 2.45) is 0 Å². The van der Waals surface area contributed by atoms with E-state index in [1.54, 1.807) is 17.0 Å². The van der Waals surface area contributed by atoms with Crippen molar-refractivity contribution in [3.63, 3.8) is 0 Å². The minimum absolute atomic E-state index is 0.00173. The average molecular weight is 455 g/mol. The molecule has 1 aromatic heterocycles. The highest BCUT2D eigenvalue weighted by Crippen LogP contribution is 2.34. The quantitative estimate of drug-likeness (QED) is 0.557. The molecule has 1 aliphatic rings. The van der Waals surface area contributed by atoms with E-state index in [1.165, 1.54) is 13.2 Å². The fourth-order valence-electron chi connectivity index (χ4n) is 4.14. The minimum atomic E-state index is -3.79. The lowest BCUT2D eigenvalue weighted by molar-refractivity contribution is -0.118. The van der Waals surface area contributed by atoms with Crippen LogP contribution in [0.3, 0.4) is 0 Å². The number of nitrogens with zero attached hydrogens (tertiary/aromatic N) is 2. The number of hydrogen-bond donors (Lipinski definition) is 0. The van der Waals surface area contributed by atoms with E-state index >= 15 is 0 Å². The van der Waals surface area contributed by atoms with E-state index < -0.39 is 9.84 Å². The normalized spacial score (nSPS) is 15.6. The maximum atomic E-state index is 13.2. The number of amides is 1. The van der Waals surface area contributed by atoms with Crippen molar-refractivity contribution in [1.29, 1.82) is 0 Å². The molecule has 0 saturated heterocycles. The molecule has 1 unspecified atom stereocenters. The van der Waals surface area contributed by atoms with Gasteiger partial charge in [-0.05, 0) is 57.0 Å². The molecule has 32 heavy (non-hydrogen) atoms. The van der Waals surface area contributed by atoms with Crippen LogP contribution in [-0.4, -0.2) is 38.4 Å². The van der Waals surface area contributed by atoms with Crippen LogP contribution in [0, 0.1) is 13.8 Å². The molecule has 0 N–H and O–H groups in total. The van der Waals surface area contributed by atoms with Gasteiger partial charge in [-0.3, -0.25) is 4.79 Å². The maximum Gasteiger partial charge on any atom is 0.228 e. The van der Waals surface area contributed by atoms with Crippen molar-refractivity contribution in [2.75, 3.05) is 17.8 Å². The minimum Gasteiger partial charge on any atom is -0.495 e. The second-order valence-corrected chi connectivity index (χ2v) is 10.2. The molecular formula is C24H26N2O5S. The van der Waals surface area contributed by atoms with Crippen LogP contribution in [0.25, 0.3) is 11.3 Å². The second-order valence-electron chi connectivity index (χ2n) is 8.10. The Morgan fingerprint density at radius 3 is 2.66 bits per heavy atom. The van der Waals surface area contributed by atoms with Gasteiger partial charge in [0.2, 0.25) is 5.91 Å². The Bertz CT molecular complexity index is 1280. The van der Waals surface area contributed by atoms with Crippen LogP contribution in [0.1, 0.15) is 30.2 Å². The molecule has 0 aliphatic carbocycles. The van der Waals surface area contributed by atoms with Crippen molar-refractivity contribution in [2.45, 2.75) is 44.6 Å². The summed E-state index contributed by atoms with van der Waals surface area (Å²) in [4.78, 5) is 14.7. The van der Waals surface area contributed by atoms with E-state index in [2.05, 4.69) is 5.16 Å². The number of rotatable bonds is 6. The highest BCUT2D eigenvalue weighted by atomic mass is 32.2. The number of methoxy groups -OCH3 is 1. The summed E-state index contributed by atoms with van der Waals surface area (Å²) in [6.07, 6.45) is 0.648. The Labute approximate surface area is 187 Å². The summed E-state index contributed by atoms with van der Waals surface area (Å²) in [5, 5.41) is 3.95. The predicted octanol–water partition coefficient (Wildman–Crippen LogP) is 4.11. The van der Waals surface area contributed by atoms with Gasteiger partial charge in [-0.15, -0.1) is 0 Å². The SMILES string of the molecule is COc1ccc(-c2onc(C)c2C)cc1S(=O)(=O)CCC(=O)N1c2ccccc2CC1C. The molecule has 7 nitrogen and oxygen atoms in total. The van der Waals surface area contributed by atoms with E-state index in [-0.39, 0.29) is 34.8 Å². The third-order valence-corrected chi connectivity index (χ3v) is 7.71. The summed E-state index contributed by atoms with van der Waals surface area (Å²) in [7, 11) is -2.37. The monoisotopic (exact) mass is 454 g/mol. The first-order valence-corrected chi connectivity index (χ1v) is 12.1. The van der Waals surface area contributed by atoms with Gasteiger partial charge in [0, 0.05) is 29.3 Å². The third-order valence-electron chi connectivity index (χ3n) is 5.98. The molecule has 2 heterocycles. The van der Waals surface area contributed by atoms with E-state index in [0.717, 1.165) is 28.9 Å². The molecule has 0 fully saturated rings. The van der Waals surface area contributed by atoms with Crippen LogP contribution in [0.5, 0.6) is 5.75 Å². The van der Waals surface area contributed by atoms with Gasteiger partial charge >= 0.3 is 0 Å². The number of benzene rings is 2. The number of carbonyl (C=O) groups is 1. The summed E-state index contributed by atoms with van der Waals surface area (Å²) in [6.45, 7) is 5.67. The van der Waals surface area contributed by atoms with Crippen LogP contribution < -0.4 is 9.64 Å². The third kappa shape index (κ3) is 3.90. The standard InChI is InChI=1S/C24H26N2O5S/c1-15-13-18-7-5-6-8-20(18)26(15)23(27)11-12-32(28,29)22-14-19(9-10-21(22)30-4)24-16(2)17(3)25-31-24/h5-10,14-15H,11-13H2,1-4H3. The summed E-state index contributed by atoms with van der Waals surface area (Å²) in [5.74, 6) is 0.226. The number of para-hydroxylation sites is 1. The van der Waals surface area contributed by atoms with Crippen molar-refractivity contribution in [1.82, 2.24) is 5.16 Å². The van der Waals surface area contributed by atoms with Crippen molar-refractivity contribution in [3.8, 4) is 17.1 Å². The molecule has 2 aromatic carbocycles. The Morgan fingerprint density at radius 1 is 1.22 bits per heavy atom. The lowest BCUT2D eigenvalue weighted by Gasteiger charge is -2.22. The first-order valence-electron chi connectivity index (χ1n) is 10.5. The maximum absolute atomic E-state index is 13.2. The molecule has 8 heteroatoms. The molecule has 1 aliphatic heterocycles. The molecule has 1 amide bonds. The summed E-state index contributed by atoms with van der Waals surface area (Å²) >= 11 is 0. The van der Waals surface area contributed by atoms with Crippen LogP contribution in [-0.2, 0) is 21.1 Å². The molecule has 3 aromatic rings. The number of aryl methyl sites for hydroxylation is 1. The Balaban J connectivity index is 1.59. The van der Waals surface area contributed by atoms with E-state index in [4.69, 9.17) is 9.26 Å². The number of anilines is 1. The van der Waals surface area contributed by atoms with Gasteiger partial charge in [0.05, 0.1) is 18.6 Å². The molecule has 0 bridgehead atoms. The van der Waals surface area contributed by atoms with Crippen LogP contribution in [0.4, 0.5) is 5.69 Å². The summed E-state index contributed by atoms with van der Waals surface area (Å²) in [5.41, 5.74) is 4.14. The fourth-order valence-corrected chi connectivity index (χ4v) is 5.57. The first kappa shape index (κ1) is 22.1. The van der Waals surface area contributed by atoms with Crippen LogP contribution in [0.15, 0.2) is 51.9 Å².